The summed E-state index contributed by atoms with van der Waals surface area (Å²) in [4.78, 5) is 30.7. The molecule has 2 heterocycles. The van der Waals surface area contributed by atoms with E-state index in [1.807, 2.05) is 29.2 Å². The van der Waals surface area contributed by atoms with E-state index in [9.17, 15) is 14.9 Å². The van der Waals surface area contributed by atoms with Crippen LogP contribution in [0.15, 0.2) is 65.1 Å². The number of carbonyl (C=O) groups excluding carboxylic acids is 1. The van der Waals surface area contributed by atoms with Crippen LogP contribution in [-0.4, -0.2) is 28.9 Å². The second-order valence-corrected chi connectivity index (χ2v) is 8.36. The number of hydrogen-bond donors (Lipinski definition) is 1. The predicted molar refractivity (Wildman–Crippen MR) is 131 cm³/mol. The van der Waals surface area contributed by atoms with Crippen molar-refractivity contribution in [3.8, 4) is 11.5 Å². The molecule has 0 radical (unpaired) electrons. The first-order valence-electron chi connectivity index (χ1n) is 11.4. The Balaban J connectivity index is 1.39. The summed E-state index contributed by atoms with van der Waals surface area (Å²) in [6, 6.07) is 17.8. The molecule has 8 nitrogen and oxygen atoms in total. The summed E-state index contributed by atoms with van der Waals surface area (Å²) >= 11 is 0. The average molecular weight is 457 g/mol. The minimum absolute atomic E-state index is 0.0544. The van der Waals surface area contributed by atoms with Crippen LogP contribution in [0.5, 0.6) is 0 Å². The van der Waals surface area contributed by atoms with Crippen LogP contribution in [0.25, 0.3) is 22.6 Å². The number of aromatic nitrogens is 1. The van der Waals surface area contributed by atoms with Crippen molar-refractivity contribution < 1.29 is 14.1 Å². The lowest BCUT2D eigenvalue weighted by Gasteiger charge is -2.17. The molecule has 5 rings (SSSR count). The van der Waals surface area contributed by atoms with Gasteiger partial charge < -0.3 is 14.6 Å². The van der Waals surface area contributed by atoms with E-state index < -0.39 is 10.8 Å². The Morgan fingerprint density at radius 1 is 1.12 bits per heavy atom. The van der Waals surface area contributed by atoms with Crippen LogP contribution < -0.4 is 10.2 Å². The fraction of sp³-hybridized carbons (Fsp3) is 0.231. The molecule has 0 atom stereocenters. The van der Waals surface area contributed by atoms with Gasteiger partial charge in [-0.1, -0.05) is 19.1 Å². The molecule has 1 aliphatic heterocycles. The standard InChI is InChI=1S/C26H24N4O4/c1-2-17-8-11-24-21(14-17)28-26(34-24)19-6-5-7-20(15-19)27-25(31)18-9-10-22(23(16-18)30(32)33)29-12-3-4-13-29/h5-11,14-16H,2-4,12-13H2,1H3,(H,27,31). The van der Waals surface area contributed by atoms with Crippen LogP contribution >= 0.6 is 0 Å². The molecule has 34 heavy (non-hydrogen) atoms. The lowest BCUT2D eigenvalue weighted by Crippen LogP contribution is -2.19. The van der Waals surface area contributed by atoms with E-state index in [0.29, 0.717) is 22.8 Å². The number of nitrogens with one attached hydrogen (secondary N) is 1. The maximum Gasteiger partial charge on any atom is 0.293 e. The number of aryl methyl sites for hydroxylation is 1. The highest BCUT2D eigenvalue weighted by Gasteiger charge is 2.24. The monoisotopic (exact) mass is 456 g/mol. The van der Waals surface area contributed by atoms with Crippen molar-refractivity contribution in [3.63, 3.8) is 0 Å². The zero-order chi connectivity index (χ0) is 23.7. The normalized spacial score (nSPS) is 13.4. The third-order valence-corrected chi connectivity index (χ3v) is 6.11. The zero-order valence-corrected chi connectivity index (χ0v) is 18.8. The Hall–Kier alpha value is -4.20. The Bertz CT molecular complexity index is 1390. The van der Waals surface area contributed by atoms with Gasteiger partial charge in [0.1, 0.15) is 11.2 Å². The SMILES string of the molecule is CCc1ccc2oc(-c3cccc(NC(=O)c4ccc(N5CCCC5)c([N+](=O)[O-])c4)c3)nc2c1. The van der Waals surface area contributed by atoms with E-state index in [0.717, 1.165) is 43.4 Å². The summed E-state index contributed by atoms with van der Waals surface area (Å²) < 4.78 is 5.90. The van der Waals surface area contributed by atoms with Crippen molar-refractivity contribution in [1.82, 2.24) is 4.98 Å². The molecule has 1 aromatic heterocycles. The zero-order valence-electron chi connectivity index (χ0n) is 18.8. The lowest BCUT2D eigenvalue weighted by molar-refractivity contribution is -0.384. The molecule has 1 aliphatic rings. The number of rotatable bonds is 6. The van der Waals surface area contributed by atoms with Crippen LogP contribution in [-0.2, 0) is 6.42 Å². The fourth-order valence-corrected chi connectivity index (χ4v) is 4.29. The molecule has 0 spiro atoms. The van der Waals surface area contributed by atoms with Gasteiger partial charge >= 0.3 is 0 Å². The van der Waals surface area contributed by atoms with Gasteiger partial charge in [0, 0.05) is 36.0 Å². The summed E-state index contributed by atoms with van der Waals surface area (Å²) in [6.07, 6.45) is 2.93. The summed E-state index contributed by atoms with van der Waals surface area (Å²) in [7, 11) is 0. The summed E-state index contributed by atoms with van der Waals surface area (Å²) in [6.45, 7) is 3.66. The van der Waals surface area contributed by atoms with Crippen LogP contribution in [0, 0.1) is 10.1 Å². The molecule has 1 fully saturated rings. The van der Waals surface area contributed by atoms with E-state index in [1.165, 1.54) is 11.6 Å². The second kappa shape index (κ2) is 8.97. The molecule has 1 amide bonds. The first kappa shape index (κ1) is 21.6. The third kappa shape index (κ3) is 4.22. The topological polar surface area (TPSA) is 102 Å². The number of fused-ring (bicyclic) bond motifs is 1. The highest BCUT2D eigenvalue weighted by Crippen LogP contribution is 2.32. The van der Waals surface area contributed by atoms with Crippen molar-refractivity contribution in [2.45, 2.75) is 26.2 Å². The van der Waals surface area contributed by atoms with Crippen molar-refractivity contribution in [3.05, 3.63) is 81.9 Å². The van der Waals surface area contributed by atoms with E-state index in [-0.39, 0.29) is 11.3 Å². The third-order valence-electron chi connectivity index (χ3n) is 6.11. The molecule has 0 aliphatic carbocycles. The van der Waals surface area contributed by atoms with Gasteiger partial charge in [0.25, 0.3) is 11.6 Å². The minimum Gasteiger partial charge on any atom is -0.436 e. The molecule has 0 unspecified atom stereocenters. The van der Waals surface area contributed by atoms with Gasteiger partial charge in [-0.2, -0.15) is 0 Å². The number of oxazole rings is 1. The van der Waals surface area contributed by atoms with Crippen LogP contribution in [0.2, 0.25) is 0 Å². The van der Waals surface area contributed by atoms with E-state index in [4.69, 9.17) is 4.42 Å². The van der Waals surface area contributed by atoms with Gasteiger partial charge in [-0.25, -0.2) is 4.98 Å². The van der Waals surface area contributed by atoms with Gasteiger partial charge in [0.05, 0.1) is 4.92 Å². The number of amides is 1. The number of benzene rings is 3. The molecule has 0 saturated carbocycles. The number of hydrogen-bond acceptors (Lipinski definition) is 6. The van der Waals surface area contributed by atoms with Gasteiger partial charge in [-0.05, 0) is 67.3 Å². The molecular weight excluding hydrogens is 432 g/mol. The Morgan fingerprint density at radius 2 is 1.94 bits per heavy atom. The van der Waals surface area contributed by atoms with Crippen LogP contribution in [0.1, 0.15) is 35.7 Å². The number of nitro benzene ring substituents is 1. The largest absolute Gasteiger partial charge is 0.436 e. The highest BCUT2D eigenvalue weighted by molar-refractivity contribution is 6.05. The van der Waals surface area contributed by atoms with E-state index in [2.05, 4.69) is 17.2 Å². The van der Waals surface area contributed by atoms with Gasteiger partial charge in [0.15, 0.2) is 5.58 Å². The summed E-state index contributed by atoms with van der Waals surface area (Å²) in [5.74, 6) is 0.0448. The molecule has 4 aromatic rings. The van der Waals surface area contributed by atoms with E-state index >= 15 is 0 Å². The summed E-state index contributed by atoms with van der Waals surface area (Å²) in [5.41, 5.74) is 4.67. The van der Waals surface area contributed by atoms with Gasteiger partial charge in [0.2, 0.25) is 5.89 Å². The molecule has 3 aromatic carbocycles. The number of carbonyl (C=O) groups is 1. The number of nitro groups is 1. The molecular formula is C26H24N4O4. The fourth-order valence-electron chi connectivity index (χ4n) is 4.29. The van der Waals surface area contributed by atoms with Crippen molar-refractivity contribution in [2.75, 3.05) is 23.3 Å². The first-order chi connectivity index (χ1) is 16.5. The lowest BCUT2D eigenvalue weighted by atomic mass is 10.1. The number of anilines is 2. The first-order valence-corrected chi connectivity index (χ1v) is 11.4. The smallest absolute Gasteiger partial charge is 0.293 e. The minimum atomic E-state index is -0.428. The molecule has 8 heteroatoms. The van der Waals surface area contributed by atoms with Gasteiger partial charge in [-0.15, -0.1) is 0 Å². The molecule has 0 bridgehead atoms. The van der Waals surface area contributed by atoms with Crippen molar-refractivity contribution >= 4 is 34.1 Å². The summed E-state index contributed by atoms with van der Waals surface area (Å²) in [5, 5.41) is 14.5. The molecule has 172 valence electrons. The predicted octanol–water partition coefficient (Wildman–Crippen LogP) is 5.82. The van der Waals surface area contributed by atoms with Crippen molar-refractivity contribution in [2.24, 2.45) is 0 Å². The van der Waals surface area contributed by atoms with Crippen LogP contribution in [0.4, 0.5) is 17.1 Å². The average Bonchev–Trinajstić information content (AvgIpc) is 3.53. The maximum atomic E-state index is 12.9. The maximum absolute atomic E-state index is 12.9. The van der Waals surface area contributed by atoms with Crippen molar-refractivity contribution in [1.29, 1.82) is 0 Å². The van der Waals surface area contributed by atoms with Gasteiger partial charge in [-0.3, -0.25) is 14.9 Å². The Morgan fingerprint density at radius 3 is 2.71 bits per heavy atom. The van der Waals surface area contributed by atoms with Crippen LogP contribution in [0.3, 0.4) is 0 Å². The van der Waals surface area contributed by atoms with E-state index in [1.54, 1.807) is 30.3 Å². The molecule has 1 saturated heterocycles. The molecule has 1 N–H and O–H groups in total. The quantitative estimate of drug-likeness (QED) is 0.290. The number of nitrogens with zero attached hydrogens (tertiary/aromatic N) is 3. The Kier molecular flexibility index (Phi) is 5.71. The Labute approximate surface area is 196 Å². The highest BCUT2D eigenvalue weighted by atomic mass is 16.6. The second-order valence-electron chi connectivity index (χ2n) is 8.36.